The Morgan fingerprint density at radius 2 is 2.09 bits per heavy atom. The summed E-state index contributed by atoms with van der Waals surface area (Å²) < 4.78 is 5.87. The van der Waals surface area contributed by atoms with Crippen molar-refractivity contribution in [3.8, 4) is 5.75 Å². The minimum atomic E-state index is -0.369. The summed E-state index contributed by atoms with van der Waals surface area (Å²) in [7, 11) is 0. The smallest absolute Gasteiger partial charge is 0.261 e. The lowest BCUT2D eigenvalue weighted by molar-refractivity contribution is -0.129. The highest BCUT2D eigenvalue weighted by Gasteiger charge is 2.27. The summed E-state index contributed by atoms with van der Waals surface area (Å²) >= 11 is 0. The Kier molecular flexibility index (Phi) is 6.46. The van der Waals surface area contributed by atoms with Gasteiger partial charge >= 0.3 is 0 Å². The van der Waals surface area contributed by atoms with Crippen molar-refractivity contribution in [2.45, 2.75) is 65.1 Å². The molecular weight excluding hydrogens is 288 g/mol. The van der Waals surface area contributed by atoms with Crippen LogP contribution in [0.4, 0.5) is 0 Å². The molecule has 0 saturated carbocycles. The summed E-state index contributed by atoms with van der Waals surface area (Å²) in [4.78, 5) is 14.9. The van der Waals surface area contributed by atoms with Crippen molar-refractivity contribution in [2.24, 2.45) is 0 Å². The van der Waals surface area contributed by atoms with Crippen molar-refractivity contribution in [2.75, 3.05) is 13.1 Å². The highest BCUT2D eigenvalue weighted by molar-refractivity contribution is 5.81. The Bertz CT molecular complexity index is 516. The Morgan fingerprint density at radius 1 is 1.35 bits per heavy atom. The van der Waals surface area contributed by atoms with Crippen molar-refractivity contribution in [1.29, 1.82) is 0 Å². The largest absolute Gasteiger partial charge is 0.480 e. The van der Waals surface area contributed by atoms with Crippen LogP contribution in [0.5, 0.6) is 5.75 Å². The van der Waals surface area contributed by atoms with Crippen LogP contribution in [0, 0.1) is 0 Å². The van der Waals surface area contributed by atoms with Crippen LogP contribution in [0.25, 0.3) is 0 Å². The fourth-order valence-corrected chi connectivity index (χ4v) is 3.09. The molecule has 1 N–H and O–H groups in total. The van der Waals surface area contributed by atoms with Gasteiger partial charge in [-0.05, 0) is 58.2 Å². The standard InChI is InChI=1S/C19H30N2O2/c1-5-12-21(14(2)3)13-15(4)20-19(22)18-11-10-16-8-6-7-9-17(16)23-18/h6-9,14-15,18H,5,10-13H2,1-4H3,(H,20,22). The van der Waals surface area contributed by atoms with Gasteiger partial charge in [0.05, 0.1) is 0 Å². The van der Waals surface area contributed by atoms with E-state index in [1.807, 2.05) is 18.2 Å². The molecule has 0 fully saturated rings. The number of nitrogens with zero attached hydrogens (tertiary/aromatic N) is 1. The number of para-hydroxylation sites is 1. The summed E-state index contributed by atoms with van der Waals surface area (Å²) in [5, 5.41) is 3.12. The highest BCUT2D eigenvalue weighted by atomic mass is 16.5. The fourth-order valence-electron chi connectivity index (χ4n) is 3.09. The number of carbonyl (C=O) groups excluding carboxylic acids is 1. The molecule has 0 bridgehead atoms. The van der Waals surface area contributed by atoms with Gasteiger partial charge in [-0.1, -0.05) is 25.1 Å². The molecule has 1 aromatic carbocycles. The summed E-state index contributed by atoms with van der Waals surface area (Å²) in [5.74, 6) is 0.855. The first-order chi connectivity index (χ1) is 11.0. The van der Waals surface area contributed by atoms with E-state index in [4.69, 9.17) is 4.74 Å². The monoisotopic (exact) mass is 318 g/mol. The van der Waals surface area contributed by atoms with E-state index in [2.05, 4.69) is 44.0 Å². The van der Waals surface area contributed by atoms with Gasteiger partial charge in [0.25, 0.3) is 5.91 Å². The Labute approximate surface area is 140 Å². The minimum absolute atomic E-state index is 0.00667. The van der Waals surface area contributed by atoms with Crippen molar-refractivity contribution < 1.29 is 9.53 Å². The van der Waals surface area contributed by atoms with Gasteiger partial charge in [0.15, 0.2) is 6.10 Å². The number of carbonyl (C=O) groups is 1. The first-order valence-corrected chi connectivity index (χ1v) is 8.80. The van der Waals surface area contributed by atoms with Gasteiger partial charge in [0, 0.05) is 18.6 Å². The van der Waals surface area contributed by atoms with Crippen LogP contribution in [0.2, 0.25) is 0 Å². The van der Waals surface area contributed by atoms with E-state index in [0.29, 0.717) is 6.04 Å². The molecule has 23 heavy (non-hydrogen) atoms. The van der Waals surface area contributed by atoms with Gasteiger partial charge in [-0.3, -0.25) is 9.69 Å². The Morgan fingerprint density at radius 3 is 2.78 bits per heavy atom. The molecule has 0 radical (unpaired) electrons. The maximum absolute atomic E-state index is 12.5. The molecule has 1 heterocycles. The number of fused-ring (bicyclic) bond motifs is 1. The molecule has 1 aliphatic heterocycles. The maximum Gasteiger partial charge on any atom is 0.261 e. The number of rotatable bonds is 7. The lowest BCUT2D eigenvalue weighted by Gasteiger charge is -2.31. The third kappa shape index (κ3) is 4.96. The molecule has 4 heteroatoms. The van der Waals surface area contributed by atoms with Gasteiger partial charge in [0.2, 0.25) is 0 Å². The lowest BCUT2D eigenvalue weighted by Crippen LogP contribution is -2.49. The molecule has 2 atom stereocenters. The zero-order valence-corrected chi connectivity index (χ0v) is 14.8. The molecule has 1 aromatic rings. The van der Waals surface area contributed by atoms with Gasteiger partial charge < -0.3 is 10.1 Å². The van der Waals surface area contributed by atoms with Gasteiger partial charge in [-0.2, -0.15) is 0 Å². The summed E-state index contributed by atoms with van der Waals surface area (Å²) in [6.07, 6.45) is 2.40. The maximum atomic E-state index is 12.5. The molecule has 0 saturated heterocycles. The first-order valence-electron chi connectivity index (χ1n) is 8.80. The predicted molar refractivity (Wildman–Crippen MR) is 93.8 cm³/mol. The van der Waals surface area contributed by atoms with E-state index in [1.54, 1.807) is 0 Å². The van der Waals surface area contributed by atoms with Crippen LogP contribution in [0.3, 0.4) is 0 Å². The second-order valence-electron chi connectivity index (χ2n) is 6.75. The Hall–Kier alpha value is -1.55. The van der Waals surface area contributed by atoms with Crippen LogP contribution >= 0.6 is 0 Å². The number of hydrogen-bond acceptors (Lipinski definition) is 3. The van der Waals surface area contributed by atoms with E-state index < -0.39 is 0 Å². The molecule has 0 aliphatic carbocycles. The number of benzene rings is 1. The van der Waals surface area contributed by atoms with Crippen molar-refractivity contribution in [3.05, 3.63) is 29.8 Å². The quantitative estimate of drug-likeness (QED) is 0.840. The topological polar surface area (TPSA) is 41.6 Å². The minimum Gasteiger partial charge on any atom is -0.480 e. The molecule has 4 nitrogen and oxygen atoms in total. The van der Waals surface area contributed by atoms with Crippen molar-refractivity contribution in [3.63, 3.8) is 0 Å². The van der Waals surface area contributed by atoms with Crippen LogP contribution in [0.15, 0.2) is 24.3 Å². The predicted octanol–water partition coefficient (Wildman–Crippen LogP) is 3.01. The lowest BCUT2D eigenvalue weighted by atomic mass is 10.0. The molecule has 2 unspecified atom stereocenters. The molecule has 0 spiro atoms. The van der Waals surface area contributed by atoms with Crippen molar-refractivity contribution >= 4 is 5.91 Å². The van der Waals surface area contributed by atoms with E-state index in [1.165, 1.54) is 5.56 Å². The third-order valence-corrected chi connectivity index (χ3v) is 4.35. The number of ether oxygens (including phenoxy) is 1. The molecule has 0 aromatic heterocycles. The average Bonchev–Trinajstić information content (AvgIpc) is 2.53. The third-order valence-electron chi connectivity index (χ3n) is 4.35. The SMILES string of the molecule is CCCN(CC(C)NC(=O)C1CCc2ccccc2O1)C(C)C. The van der Waals surface area contributed by atoms with E-state index >= 15 is 0 Å². The highest BCUT2D eigenvalue weighted by Crippen LogP contribution is 2.27. The van der Waals surface area contributed by atoms with E-state index in [-0.39, 0.29) is 18.1 Å². The number of aryl methyl sites for hydroxylation is 1. The van der Waals surface area contributed by atoms with Crippen LogP contribution in [-0.2, 0) is 11.2 Å². The van der Waals surface area contributed by atoms with E-state index in [0.717, 1.165) is 38.1 Å². The van der Waals surface area contributed by atoms with Crippen LogP contribution in [-0.4, -0.2) is 42.1 Å². The number of hydrogen-bond donors (Lipinski definition) is 1. The second-order valence-corrected chi connectivity index (χ2v) is 6.75. The van der Waals surface area contributed by atoms with Gasteiger partial charge in [0.1, 0.15) is 5.75 Å². The zero-order valence-electron chi connectivity index (χ0n) is 14.8. The molecule has 1 amide bonds. The molecular formula is C19H30N2O2. The molecule has 1 aliphatic rings. The summed E-state index contributed by atoms with van der Waals surface area (Å²) in [6.45, 7) is 10.6. The summed E-state index contributed by atoms with van der Waals surface area (Å²) in [6, 6.07) is 8.59. The molecule has 2 rings (SSSR count). The number of amides is 1. The van der Waals surface area contributed by atoms with E-state index in [9.17, 15) is 4.79 Å². The second kappa shape index (κ2) is 8.34. The van der Waals surface area contributed by atoms with Crippen LogP contribution < -0.4 is 10.1 Å². The van der Waals surface area contributed by atoms with Gasteiger partial charge in [-0.15, -0.1) is 0 Å². The van der Waals surface area contributed by atoms with Gasteiger partial charge in [-0.25, -0.2) is 0 Å². The summed E-state index contributed by atoms with van der Waals surface area (Å²) in [5.41, 5.74) is 1.19. The van der Waals surface area contributed by atoms with Crippen molar-refractivity contribution in [1.82, 2.24) is 10.2 Å². The normalized spacial score (nSPS) is 18.4. The number of nitrogens with one attached hydrogen (secondary N) is 1. The first kappa shape index (κ1) is 17.8. The average molecular weight is 318 g/mol. The molecule has 128 valence electrons. The Balaban J connectivity index is 1.87. The zero-order chi connectivity index (χ0) is 16.8. The fraction of sp³-hybridized carbons (Fsp3) is 0.632. The van der Waals surface area contributed by atoms with Crippen LogP contribution in [0.1, 0.15) is 46.1 Å².